The van der Waals surface area contributed by atoms with Crippen molar-refractivity contribution in [2.24, 2.45) is 12.1 Å². The van der Waals surface area contributed by atoms with Crippen molar-refractivity contribution in [3.05, 3.63) is 51.7 Å². The van der Waals surface area contributed by atoms with Gasteiger partial charge >= 0.3 is 0 Å². The largest absolute Gasteiger partial charge is 0.493 e. The van der Waals surface area contributed by atoms with E-state index in [1.807, 2.05) is 6.07 Å². The van der Waals surface area contributed by atoms with Crippen LogP contribution in [0.5, 0.6) is 5.88 Å². The van der Waals surface area contributed by atoms with Gasteiger partial charge in [0.2, 0.25) is 5.88 Å². The zero-order chi connectivity index (χ0) is 15.9. The quantitative estimate of drug-likeness (QED) is 0.723. The standard InChI is InChI=1S/C15H15N5O2/c1-9-12(14(21)19(3)18-9)8-16-20-10(2)17-13-7-5-4-6-11(13)15(20)22/h4-8,21H,1-3H3. The highest BCUT2D eigenvalue weighted by Crippen LogP contribution is 2.17. The maximum absolute atomic E-state index is 12.5. The fraction of sp³-hybridized carbons (Fsp3) is 0.200. The molecule has 0 saturated carbocycles. The monoisotopic (exact) mass is 297 g/mol. The number of nitrogens with zero attached hydrogens (tertiary/aromatic N) is 5. The first-order chi connectivity index (χ1) is 10.5. The summed E-state index contributed by atoms with van der Waals surface area (Å²) < 4.78 is 2.57. The van der Waals surface area contributed by atoms with Crippen LogP contribution in [0, 0.1) is 13.8 Å². The number of aryl methyl sites for hydroxylation is 3. The SMILES string of the molecule is Cc1nn(C)c(O)c1C=Nn1c(C)nc2ccccc2c1=O. The van der Waals surface area contributed by atoms with E-state index >= 15 is 0 Å². The Hall–Kier alpha value is -2.96. The molecule has 7 nitrogen and oxygen atoms in total. The van der Waals surface area contributed by atoms with Crippen LogP contribution in [-0.4, -0.2) is 30.8 Å². The molecule has 0 fully saturated rings. The van der Waals surface area contributed by atoms with E-state index in [0.717, 1.165) is 0 Å². The summed E-state index contributed by atoms with van der Waals surface area (Å²) in [6.45, 7) is 3.47. The summed E-state index contributed by atoms with van der Waals surface area (Å²) in [5.74, 6) is 0.474. The molecule has 0 radical (unpaired) electrons. The van der Waals surface area contributed by atoms with Gasteiger partial charge in [0, 0.05) is 7.05 Å². The van der Waals surface area contributed by atoms with Crippen molar-refractivity contribution >= 4 is 17.1 Å². The topological polar surface area (TPSA) is 85.3 Å². The van der Waals surface area contributed by atoms with E-state index in [9.17, 15) is 9.90 Å². The van der Waals surface area contributed by atoms with Crippen LogP contribution in [0.2, 0.25) is 0 Å². The number of rotatable bonds is 2. The molecule has 0 amide bonds. The highest BCUT2D eigenvalue weighted by Gasteiger charge is 2.11. The predicted octanol–water partition coefficient (Wildman–Crippen LogP) is 1.33. The van der Waals surface area contributed by atoms with Crippen LogP contribution in [-0.2, 0) is 7.05 Å². The van der Waals surface area contributed by atoms with Crippen molar-refractivity contribution < 1.29 is 5.11 Å². The zero-order valence-electron chi connectivity index (χ0n) is 12.5. The lowest BCUT2D eigenvalue weighted by Crippen LogP contribution is -2.20. The van der Waals surface area contributed by atoms with E-state index in [0.29, 0.717) is 28.0 Å². The smallest absolute Gasteiger partial charge is 0.282 e. The van der Waals surface area contributed by atoms with Crippen LogP contribution in [0.4, 0.5) is 0 Å². The number of benzene rings is 1. The Morgan fingerprint density at radius 1 is 1.27 bits per heavy atom. The minimum absolute atomic E-state index is 0.000649. The first kappa shape index (κ1) is 14.0. The number of fused-ring (bicyclic) bond motifs is 1. The maximum atomic E-state index is 12.5. The molecule has 2 aromatic heterocycles. The van der Waals surface area contributed by atoms with Crippen LogP contribution < -0.4 is 5.56 Å². The predicted molar refractivity (Wildman–Crippen MR) is 83.3 cm³/mol. The summed E-state index contributed by atoms with van der Waals surface area (Å²) in [5, 5.41) is 18.7. The molecule has 3 rings (SSSR count). The molecule has 0 aliphatic carbocycles. The minimum atomic E-state index is -0.250. The third kappa shape index (κ3) is 2.16. The Balaban J connectivity index is 2.15. The van der Waals surface area contributed by atoms with E-state index in [1.54, 1.807) is 39.1 Å². The average molecular weight is 297 g/mol. The van der Waals surface area contributed by atoms with Gasteiger partial charge in [-0.2, -0.15) is 14.9 Å². The summed E-state index contributed by atoms with van der Waals surface area (Å²) in [6, 6.07) is 7.11. The molecule has 0 unspecified atom stereocenters. The van der Waals surface area contributed by atoms with Crippen LogP contribution in [0.25, 0.3) is 10.9 Å². The fourth-order valence-electron chi connectivity index (χ4n) is 2.30. The normalized spacial score (nSPS) is 11.6. The molecule has 2 heterocycles. The number of para-hydroxylation sites is 1. The molecule has 7 heteroatoms. The lowest BCUT2D eigenvalue weighted by Gasteiger charge is -2.04. The van der Waals surface area contributed by atoms with E-state index in [1.165, 1.54) is 15.6 Å². The molecule has 0 aliphatic heterocycles. The summed E-state index contributed by atoms with van der Waals surface area (Å²) in [7, 11) is 1.63. The molecule has 1 aromatic carbocycles. The Morgan fingerprint density at radius 2 is 2.00 bits per heavy atom. The lowest BCUT2D eigenvalue weighted by atomic mass is 10.2. The van der Waals surface area contributed by atoms with Gasteiger partial charge in [-0.15, -0.1) is 0 Å². The molecule has 0 atom stereocenters. The molecule has 0 spiro atoms. The van der Waals surface area contributed by atoms with Crippen molar-refractivity contribution in [3.63, 3.8) is 0 Å². The zero-order valence-corrected chi connectivity index (χ0v) is 12.5. The average Bonchev–Trinajstić information content (AvgIpc) is 2.73. The van der Waals surface area contributed by atoms with Gasteiger partial charge in [0.15, 0.2) is 0 Å². The maximum Gasteiger partial charge on any atom is 0.282 e. The van der Waals surface area contributed by atoms with Gasteiger partial charge < -0.3 is 5.11 Å². The van der Waals surface area contributed by atoms with Gasteiger partial charge in [0.1, 0.15) is 5.82 Å². The summed E-state index contributed by atoms with van der Waals surface area (Å²) in [5.41, 5.74) is 1.49. The summed E-state index contributed by atoms with van der Waals surface area (Å²) >= 11 is 0. The number of aromatic hydroxyl groups is 1. The Morgan fingerprint density at radius 3 is 2.68 bits per heavy atom. The van der Waals surface area contributed by atoms with Crippen molar-refractivity contribution in [2.45, 2.75) is 13.8 Å². The molecule has 0 saturated heterocycles. The van der Waals surface area contributed by atoms with Gasteiger partial charge in [-0.25, -0.2) is 9.67 Å². The second-order valence-corrected chi connectivity index (χ2v) is 4.98. The fourth-order valence-corrected chi connectivity index (χ4v) is 2.30. The first-order valence-electron chi connectivity index (χ1n) is 6.74. The molecule has 0 bridgehead atoms. The molecular formula is C15H15N5O2. The van der Waals surface area contributed by atoms with Gasteiger partial charge in [0.05, 0.1) is 28.4 Å². The van der Waals surface area contributed by atoms with Gasteiger partial charge in [-0.1, -0.05) is 12.1 Å². The Bertz CT molecular complexity index is 952. The molecule has 22 heavy (non-hydrogen) atoms. The lowest BCUT2D eigenvalue weighted by molar-refractivity contribution is 0.418. The molecular weight excluding hydrogens is 282 g/mol. The third-order valence-electron chi connectivity index (χ3n) is 3.46. The van der Waals surface area contributed by atoms with E-state index in [-0.39, 0.29) is 11.4 Å². The van der Waals surface area contributed by atoms with Crippen LogP contribution >= 0.6 is 0 Å². The van der Waals surface area contributed by atoms with Crippen LogP contribution in [0.3, 0.4) is 0 Å². The third-order valence-corrected chi connectivity index (χ3v) is 3.46. The highest BCUT2D eigenvalue weighted by atomic mass is 16.3. The number of hydrogen-bond acceptors (Lipinski definition) is 5. The van der Waals surface area contributed by atoms with E-state index < -0.39 is 0 Å². The minimum Gasteiger partial charge on any atom is -0.493 e. The van der Waals surface area contributed by atoms with Crippen LogP contribution in [0.1, 0.15) is 17.1 Å². The second kappa shape index (κ2) is 5.10. The Kier molecular flexibility index (Phi) is 3.25. The van der Waals surface area contributed by atoms with Crippen molar-refractivity contribution in [3.8, 4) is 5.88 Å². The summed E-state index contributed by atoms with van der Waals surface area (Å²) in [4.78, 5) is 16.8. The molecule has 112 valence electrons. The van der Waals surface area contributed by atoms with Gasteiger partial charge in [-0.3, -0.25) is 4.79 Å². The van der Waals surface area contributed by atoms with Crippen molar-refractivity contribution in [1.82, 2.24) is 19.4 Å². The van der Waals surface area contributed by atoms with E-state index in [2.05, 4.69) is 15.2 Å². The Labute approximate surface area is 126 Å². The van der Waals surface area contributed by atoms with E-state index in [4.69, 9.17) is 0 Å². The van der Waals surface area contributed by atoms with Gasteiger partial charge in [-0.05, 0) is 26.0 Å². The van der Waals surface area contributed by atoms with Crippen molar-refractivity contribution in [2.75, 3.05) is 0 Å². The number of aromatic nitrogens is 4. The van der Waals surface area contributed by atoms with Gasteiger partial charge in [0.25, 0.3) is 5.56 Å². The molecule has 0 aliphatic rings. The molecule has 1 N–H and O–H groups in total. The molecule has 3 aromatic rings. The summed E-state index contributed by atoms with van der Waals surface area (Å²) in [6.07, 6.45) is 1.42. The first-order valence-corrected chi connectivity index (χ1v) is 6.74. The number of hydrogen-bond donors (Lipinski definition) is 1. The van der Waals surface area contributed by atoms with Crippen molar-refractivity contribution in [1.29, 1.82) is 0 Å². The second-order valence-electron chi connectivity index (χ2n) is 4.98. The van der Waals surface area contributed by atoms with Crippen LogP contribution in [0.15, 0.2) is 34.2 Å². The highest BCUT2D eigenvalue weighted by molar-refractivity contribution is 5.84.